The van der Waals surface area contributed by atoms with Gasteiger partial charge < -0.3 is 0 Å². The lowest BCUT2D eigenvalue weighted by molar-refractivity contribution is 1.55. The molecular weight excluding hydrogens is 211 g/mol. The lowest BCUT2D eigenvalue weighted by atomic mass is 10.2. The number of hydrogen-bond donors (Lipinski definition) is 0. The van der Waals surface area contributed by atoms with E-state index in [4.69, 9.17) is 23.2 Å². The number of hydrogen-bond acceptors (Lipinski definition) is 1. The van der Waals surface area contributed by atoms with Crippen LogP contribution in [0.15, 0.2) is 18.2 Å². The molecule has 0 unspecified atom stereocenters. The van der Waals surface area contributed by atoms with Crippen LogP contribution in [0.4, 0.5) is 0 Å². The van der Waals surface area contributed by atoms with Gasteiger partial charge in [0.1, 0.15) is 0 Å². The van der Waals surface area contributed by atoms with E-state index in [2.05, 4.69) is 0 Å². The minimum atomic E-state index is 0.776. The third-order valence-corrected chi connectivity index (χ3v) is 3.21. The highest BCUT2D eigenvalue weighted by Gasteiger charge is 2.03. The molecule has 0 fully saturated rings. The molecule has 0 atom stereocenters. The highest BCUT2D eigenvalue weighted by molar-refractivity contribution is 7.22. The molecule has 0 N–H and O–H groups in total. The summed E-state index contributed by atoms with van der Waals surface area (Å²) in [6, 6.07) is 5.88. The first-order chi connectivity index (χ1) is 5.66. The maximum absolute atomic E-state index is 5.90. The van der Waals surface area contributed by atoms with Crippen molar-refractivity contribution in [3.63, 3.8) is 0 Å². The summed E-state index contributed by atoms with van der Waals surface area (Å²) in [6.45, 7) is 2.04. The van der Waals surface area contributed by atoms with E-state index in [0.717, 1.165) is 14.1 Å². The van der Waals surface area contributed by atoms with Gasteiger partial charge in [-0.05, 0) is 36.1 Å². The second kappa shape index (κ2) is 2.91. The van der Waals surface area contributed by atoms with Crippen LogP contribution in [0, 0.1) is 6.92 Å². The molecule has 1 aromatic carbocycles. The van der Waals surface area contributed by atoms with E-state index >= 15 is 0 Å². The Kier molecular flexibility index (Phi) is 2.03. The van der Waals surface area contributed by atoms with Crippen molar-refractivity contribution in [2.45, 2.75) is 6.92 Å². The Morgan fingerprint density at radius 2 is 1.92 bits per heavy atom. The smallest absolute Gasteiger partial charge is 0.0940 e. The lowest BCUT2D eigenvalue weighted by Crippen LogP contribution is -1.72. The molecule has 0 nitrogen and oxygen atoms in total. The fraction of sp³-hybridized carbons (Fsp3) is 0.111. The van der Waals surface area contributed by atoms with E-state index in [1.807, 2.05) is 25.1 Å². The number of halogens is 2. The molecule has 2 aromatic rings. The topological polar surface area (TPSA) is 0 Å². The van der Waals surface area contributed by atoms with E-state index in [9.17, 15) is 0 Å². The summed E-state index contributed by atoms with van der Waals surface area (Å²) in [7, 11) is 0. The summed E-state index contributed by atoms with van der Waals surface area (Å²) in [5.41, 5.74) is 1.18. The third kappa shape index (κ3) is 1.33. The second-order valence-electron chi connectivity index (χ2n) is 2.69. The number of benzene rings is 1. The molecule has 3 heteroatoms. The third-order valence-electron chi connectivity index (χ3n) is 1.78. The van der Waals surface area contributed by atoms with Gasteiger partial charge in [0, 0.05) is 9.72 Å². The van der Waals surface area contributed by atoms with Crippen LogP contribution in [0.2, 0.25) is 9.36 Å². The van der Waals surface area contributed by atoms with E-state index in [0.29, 0.717) is 0 Å². The molecule has 12 heavy (non-hydrogen) atoms. The summed E-state index contributed by atoms with van der Waals surface area (Å²) >= 11 is 13.3. The molecule has 0 radical (unpaired) electrons. The molecule has 0 bridgehead atoms. The maximum Gasteiger partial charge on any atom is 0.0940 e. The van der Waals surface area contributed by atoms with Crippen LogP contribution in [-0.2, 0) is 0 Å². The van der Waals surface area contributed by atoms with Gasteiger partial charge in [0.2, 0.25) is 0 Å². The zero-order chi connectivity index (χ0) is 8.72. The Bertz CT molecular complexity index is 431. The van der Waals surface area contributed by atoms with Crippen LogP contribution in [0.25, 0.3) is 10.1 Å². The van der Waals surface area contributed by atoms with E-state index < -0.39 is 0 Å². The van der Waals surface area contributed by atoms with Crippen LogP contribution in [0.5, 0.6) is 0 Å². The van der Waals surface area contributed by atoms with E-state index in [1.165, 1.54) is 10.9 Å². The summed E-state index contributed by atoms with van der Waals surface area (Å²) < 4.78 is 1.97. The minimum Gasteiger partial charge on any atom is -0.123 e. The number of rotatable bonds is 0. The van der Waals surface area contributed by atoms with Crippen molar-refractivity contribution in [1.29, 1.82) is 0 Å². The van der Waals surface area contributed by atoms with Gasteiger partial charge >= 0.3 is 0 Å². The number of thiophene rings is 1. The Hall–Kier alpha value is -0.240. The van der Waals surface area contributed by atoms with Gasteiger partial charge in [-0.15, -0.1) is 11.3 Å². The molecular formula is C9H6Cl2S. The molecule has 1 heterocycles. The van der Waals surface area contributed by atoms with Crippen LogP contribution in [-0.4, -0.2) is 0 Å². The molecule has 2 rings (SSSR count). The van der Waals surface area contributed by atoms with Crippen molar-refractivity contribution in [2.75, 3.05) is 0 Å². The van der Waals surface area contributed by atoms with Gasteiger partial charge in [-0.2, -0.15) is 0 Å². The van der Waals surface area contributed by atoms with Gasteiger partial charge in [-0.25, -0.2) is 0 Å². The Morgan fingerprint density at radius 3 is 2.67 bits per heavy atom. The molecule has 62 valence electrons. The second-order valence-corrected chi connectivity index (χ2v) is 4.84. The first-order valence-electron chi connectivity index (χ1n) is 3.52. The zero-order valence-corrected chi connectivity index (χ0v) is 8.72. The highest BCUT2D eigenvalue weighted by Crippen LogP contribution is 2.33. The fourth-order valence-electron chi connectivity index (χ4n) is 1.24. The summed E-state index contributed by atoms with van der Waals surface area (Å²) in [6.07, 6.45) is 0. The summed E-state index contributed by atoms with van der Waals surface area (Å²) in [4.78, 5) is 0. The van der Waals surface area contributed by atoms with Gasteiger partial charge in [-0.1, -0.05) is 23.2 Å². The van der Waals surface area contributed by atoms with Crippen LogP contribution >= 0.6 is 34.5 Å². The number of fused-ring (bicyclic) bond motifs is 1. The standard InChI is InChI=1S/C9H6Cl2S/c1-5-2-6(10)3-8-7(5)4-9(11)12-8/h2-4H,1H3. The predicted octanol–water partition coefficient (Wildman–Crippen LogP) is 4.52. The van der Waals surface area contributed by atoms with E-state index in [-0.39, 0.29) is 0 Å². The van der Waals surface area contributed by atoms with Crippen molar-refractivity contribution in [1.82, 2.24) is 0 Å². The molecule has 0 amide bonds. The summed E-state index contributed by atoms with van der Waals surface area (Å²) in [5.74, 6) is 0. The fourth-order valence-corrected chi connectivity index (χ4v) is 2.84. The monoisotopic (exact) mass is 216 g/mol. The van der Waals surface area contributed by atoms with Crippen molar-refractivity contribution in [2.24, 2.45) is 0 Å². The van der Waals surface area contributed by atoms with Crippen molar-refractivity contribution >= 4 is 44.6 Å². The average molecular weight is 217 g/mol. The van der Waals surface area contributed by atoms with Crippen molar-refractivity contribution in [3.05, 3.63) is 33.1 Å². The molecule has 0 saturated heterocycles. The zero-order valence-electron chi connectivity index (χ0n) is 6.40. The van der Waals surface area contributed by atoms with Gasteiger partial charge in [0.25, 0.3) is 0 Å². The average Bonchev–Trinajstić information content (AvgIpc) is 2.29. The summed E-state index contributed by atoms with van der Waals surface area (Å²) in [5, 5.41) is 1.98. The quantitative estimate of drug-likeness (QED) is 0.608. The number of aryl methyl sites for hydroxylation is 1. The van der Waals surface area contributed by atoms with Crippen molar-refractivity contribution in [3.8, 4) is 0 Å². The minimum absolute atomic E-state index is 0.776. The van der Waals surface area contributed by atoms with Crippen LogP contribution < -0.4 is 0 Å². The molecule has 0 spiro atoms. The van der Waals surface area contributed by atoms with Gasteiger partial charge in [0.15, 0.2) is 0 Å². The van der Waals surface area contributed by atoms with Gasteiger partial charge in [0.05, 0.1) is 4.34 Å². The highest BCUT2D eigenvalue weighted by atomic mass is 35.5. The largest absolute Gasteiger partial charge is 0.123 e. The normalized spacial score (nSPS) is 10.9. The first-order valence-corrected chi connectivity index (χ1v) is 5.09. The first kappa shape index (κ1) is 8.36. The Balaban J connectivity index is 2.88. The van der Waals surface area contributed by atoms with Crippen LogP contribution in [0.3, 0.4) is 0 Å². The SMILES string of the molecule is Cc1cc(Cl)cc2sc(Cl)cc12. The van der Waals surface area contributed by atoms with Crippen molar-refractivity contribution < 1.29 is 0 Å². The lowest BCUT2D eigenvalue weighted by Gasteiger charge is -1.95. The van der Waals surface area contributed by atoms with Crippen LogP contribution in [0.1, 0.15) is 5.56 Å². The predicted molar refractivity (Wildman–Crippen MR) is 56.6 cm³/mol. The molecule has 0 saturated carbocycles. The van der Waals surface area contributed by atoms with Gasteiger partial charge in [-0.3, -0.25) is 0 Å². The maximum atomic E-state index is 5.90. The molecule has 0 aliphatic carbocycles. The van der Waals surface area contributed by atoms with E-state index in [1.54, 1.807) is 11.3 Å². The Morgan fingerprint density at radius 1 is 1.17 bits per heavy atom. The molecule has 1 aromatic heterocycles. The Labute approximate surface area is 84.7 Å². The molecule has 0 aliphatic rings. The molecule has 0 aliphatic heterocycles.